The van der Waals surface area contributed by atoms with Crippen LogP contribution >= 0.6 is 0 Å². The molecule has 0 aromatic carbocycles. The van der Waals surface area contributed by atoms with Gasteiger partial charge in [0.1, 0.15) is 5.82 Å². The standard InChI is InChI=1S/C12H16N4O/c1-3-16-8-7-13-11(16)9-15-10-5-4-6-14-12(10)17-2/h4-8,15H,3,9H2,1-2H3. The van der Waals surface area contributed by atoms with Crippen LogP contribution in [0.15, 0.2) is 30.7 Å². The number of ether oxygens (including phenoxy) is 1. The van der Waals surface area contributed by atoms with Crippen molar-refractivity contribution in [1.29, 1.82) is 0 Å². The first kappa shape index (κ1) is 11.4. The van der Waals surface area contributed by atoms with Crippen molar-refractivity contribution < 1.29 is 4.74 Å². The van der Waals surface area contributed by atoms with Crippen LogP contribution in [0.4, 0.5) is 5.69 Å². The number of methoxy groups -OCH3 is 1. The van der Waals surface area contributed by atoms with Crippen molar-refractivity contribution in [3.8, 4) is 5.88 Å². The number of anilines is 1. The van der Waals surface area contributed by atoms with Gasteiger partial charge in [-0.3, -0.25) is 0 Å². The summed E-state index contributed by atoms with van der Waals surface area (Å²) >= 11 is 0. The molecular formula is C12H16N4O. The molecule has 0 aliphatic heterocycles. The van der Waals surface area contributed by atoms with E-state index in [1.54, 1.807) is 19.5 Å². The predicted octanol–water partition coefficient (Wildman–Crippen LogP) is 1.92. The Bertz CT molecular complexity index is 481. The van der Waals surface area contributed by atoms with Crippen LogP contribution in [0, 0.1) is 0 Å². The highest BCUT2D eigenvalue weighted by Gasteiger charge is 2.05. The van der Waals surface area contributed by atoms with Gasteiger partial charge in [0, 0.05) is 25.1 Å². The minimum Gasteiger partial charge on any atom is -0.480 e. The maximum atomic E-state index is 5.17. The second kappa shape index (κ2) is 5.34. The number of rotatable bonds is 5. The summed E-state index contributed by atoms with van der Waals surface area (Å²) in [6, 6.07) is 3.81. The van der Waals surface area contributed by atoms with Crippen LogP contribution < -0.4 is 10.1 Å². The van der Waals surface area contributed by atoms with Crippen LogP contribution in [0.25, 0.3) is 0 Å². The maximum absolute atomic E-state index is 5.17. The summed E-state index contributed by atoms with van der Waals surface area (Å²) in [5.41, 5.74) is 0.876. The molecule has 5 heteroatoms. The molecule has 0 amide bonds. The highest BCUT2D eigenvalue weighted by molar-refractivity contribution is 5.51. The number of nitrogens with one attached hydrogen (secondary N) is 1. The average molecular weight is 232 g/mol. The lowest BCUT2D eigenvalue weighted by atomic mass is 10.4. The van der Waals surface area contributed by atoms with Crippen molar-refractivity contribution in [2.45, 2.75) is 20.0 Å². The minimum atomic E-state index is 0.599. The van der Waals surface area contributed by atoms with E-state index in [1.165, 1.54) is 0 Å². The number of nitrogens with zero attached hydrogens (tertiary/aromatic N) is 3. The largest absolute Gasteiger partial charge is 0.480 e. The summed E-state index contributed by atoms with van der Waals surface area (Å²) in [6.07, 6.45) is 5.48. The summed E-state index contributed by atoms with van der Waals surface area (Å²) in [5, 5.41) is 3.27. The highest BCUT2D eigenvalue weighted by Crippen LogP contribution is 2.20. The second-order valence-corrected chi connectivity index (χ2v) is 3.54. The number of hydrogen-bond acceptors (Lipinski definition) is 4. The summed E-state index contributed by atoms with van der Waals surface area (Å²) in [6.45, 7) is 3.67. The predicted molar refractivity (Wildman–Crippen MR) is 66.0 cm³/mol. The fraction of sp³-hybridized carbons (Fsp3) is 0.333. The van der Waals surface area contributed by atoms with Gasteiger partial charge in [0.15, 0.2) is 0 Å². The molecule has 2 rings (SSSR count). The van der Waals surface area contributed by atoms with Crippen molar-refractivity contribution in [1.82, 2.24) is 14.5 Å². The normalized spacial score (nSPS) is 10.2. The molecule has 0 fully saturated rings. The highest BCUT2D eigenvalue weighted by atomic mass is 16.5. The zero-order valence-corrected chi connectivity index (χ0v) is 10.1. The van der Waals surface area contributed by atoms with Gasteiger partial charge in [0.05, 0.1) is 19.3 Å². The molecule has 0 unspecified atom stereocenters. The summed E-state index contributed by atoms with van der Waals surface area (Å²) < 4.78 is 7.26. The Morgan fingerprint density at radius 3 is 3.00 bits per heavy atom. The number of imidazole rings is 1. The number of aromatic nitrogens is 3. The van der Waals surface area contributed by atoms with Gasteiger partial charge in [-0.05, 0) is 19.1 Å². The Morgan fingerprint density at radius 2 is 2.24 bits per heavy atom. The third kappa shape index (κ3) is 2.55. The van der Waals surface area contributed by atoms with Gasteiger partial charge in [0.25, 0.3) is 0 Å². The molecule has 0 aliphatic rings. The Morgan fingerprint density at radius 1 is 1.35 bits per heavy atom. The lowest BCUT2D eigenvalue weighted by Gasteiger charge is -2.10. The first-order valence-electron chi connectivity index (χ1n) is 5.58. The molecule has 0 saturated heterocycles. The van der Waals surface area contributed by atoms with E-state index in [0.717, 1.165) is 18.1 Å². The monoisotopic (exact) mass is 232 g/mol. The molecule has 2 heterocycles. The van der Waals surface area contributed by atoms with E-state index in [9.17, 15) is 0 Å². The van der Waals surface area contributed by atoms with Gasteiger partial charge in [-0.15, -0.1) is 0 Å². The second-order valence-electron chi connectivity index (χ2n) is 3.54. The number of aryl methyl sites for hydroxylation is 1. The van der Waals surface area contributed by atoms with Crippen molar-refractivity contribution >= 4 is 5.69 Å². The number of hydrogen-bond donors (Lipinski definition) is 1. The van der Waals surface area contributed by atoms with E-state index in [1.807, 2.05) is 18.3 Å². The van der Waals surface area contributed by atoms with Crippen LogP contribution in [0.2, 0.25) is 0 Å². The average Bonchev–Trinajstić information content (AvgIpc) is 2.84. The van der Waals surface area contributed by atoms with Gasteiger partial charge >= 0.3 is 0 Å². The Kier molecular flexibility index (Phi) is 3.59. The smallest absolute Gasteiger partial charge is 0.237 e. The van der Waals surface area contributed by atoms with Crippen LogP contribution in [0.3, 0.4) is 0 Å². The Hall–Kier alpha value is -2.04. The molecule has 0 atom stereocenters. The SMILES string of the molecule is CCn1ccnc1CNc1cccnc1OC. The molecule has 1 N–H and O–H groups in total. The summed E-state index contributed by atoms with van der Waals surface area (Å²) in [5.74, 6) is 1.60. The van der Waals surface area contributed by atoms with Gasteiger partial charge in [-0.2, -0.15) is 0 Å². The first-order chi connectivity index (χ1) is 8.35. The van der Waals surface area contributed by atoms with Gasteiger partial charge in [-0.1, -0.05) is 0 Å². The van der Waals surface area contributed by atoms with Crippen molar-refractivity contribution in [2.24, 2.45) is 0 Å². The fourth-order valence-corrected chi connectivity index (χ4v) is 1.66. The van der Waals surface area contributed by atoms with E-state index in [0.29, 0.717) is 12.4 Å². The molecule has 0 radical (unpaired) electrons. The van der Waals surface area contributed by atoms with E-state index >= 15 is 0 Å². The van der Waals surface area contributed by atoms with Gasteiger partial charge in [0.2, 0.25) is 5.88 Å². The van der Waals surface area contributed by atoms with Gasteiger partial charge in [-0.25, -0.2) is 9.97 Å². The van der Waals surface area contributed by atoms with E-state index in [-0.39, 0.29) is 0 Å². The lowest BCUT2D eigenvalue weighted by Crippen LogP contribution is -2.08. The molecule has 2 aromatic rings. The lowest BCUT2D eigenvalue weighted by molar-refractivity contribution is 0.399. The van der Waals surface area contributed by atoms with Crippen molar-refractivity contribution in [3.63, 3.8) is 0 Å². The zero-order chi connectivity index (χ0) is 12.1. The maximum Gasteiger partial charge on any atom is 0.237 e. The Balaban J connectivity index is 2.07. The first-order valence-corrected chi connectivity index (χ1v) is 5.58. The quantitative estimate of drug-likeness (QED) is 0.855. The molecule has 0 bridgehead atoms. The van der Waals surface area contributed by atoms with Crippen LogP contribution in [0.5, 0.6) is 5.88 Å². The zero-order valence-electron chi connectivity index (χ0n) is 10.1. The van der Waals surface area contributed by atoms with Crippen LogP contribution in [-0.2, 0) is 13.1 Å². The molecule has 2 aromatic heterocycles. The van der Waals surface area contributed by atoms with Crippen LogP contribution in [-0.4, -0.2) is 21.6 Å². The van der Waals surface area contributed by atoms with Crippen molar-refractivity contribution in [3.05, 3.63) is 36.5 Å². The molecule has 0 saturated carbocycles. The molecule has 90 valence electrons. The van der Waals surface area contributed by atoms with Crippen LogP contribution in [0.1, 0.15) is 12.7 Å². The topological polar surface area (TPSA) is 52.0 Å². The minimum absolute atomic E-state index is 0.599. The molecular weight excluding hydrogens is 216 g/mol. The van der Waals surface area contributed by atoms with E-state index in [4.69, 9.17) is 4.74 Å². The van der Waals surface area contributed by atoms with E-state index in [2.05, 4.69) is 26.8 Å². The molecule has 17 heavy (non-hydrogen) atoms. The molecule has 0 aliphatic carbocycles. The third-order valence-electron chi connectivity index (χ3n) is 2.54. The van der Waals surface area contributed by atoms with E-state index < -0.39 is 0 Å². The Labute approximate surface area is 100 Å². The number of pyridine rings is 1. The summed E-state index contributed by atoms with van der Waals surface area (Å²) in [4.78, 5) is 8.42. The molecule has 5 nitrogen and oxygen atoms in total. The summed E-state index contributed by atoms with van der Waals surface area (Å²) in [7, 11) is 1.61. The fourth-order valence-electron chi connectivity index (χ4n) is 1.66. The van der Waals surface area contributed by atoms with Gasteiger partial charge < -0.3 is 14.6 Å². The van der Waals surface area contributed by atoms with Crippen molar-refractivity contribution in [2.75, 3.05) is 12.4 Å². The third-order valence-corrected chi connectivity index (χ3v) is 2.54. The molecule has 0 spiro atoms.